The fourth-order valence-corrected chi connectivity index (χ4v) is 2.59. The molecule has 0 aromatic rings. The SMILES string of the molecule is C[C@@H](O)[C@H](NC(=O)[C@@H](N)CCNC(=O)OC(C)(C)C)C(=O)N[C@@H](CCNC(=O)OC(C)(C)C)C(=O)O. The Morgan fingerprint density at radius 3 is 1.64 bits per heavy atom. The molecule has 0 heterocycles. The van der Waals surface area contributed by atoms with E-state index in [1.165, 1.54) is 6.92 Å². The molecule has 0 aliphatic heterocycles. The number of carbonyl (C=O) groups excluding carboxylic acids is 4. The van der Waals surface area contributed by atoms with Gasteiger partial charge in [-0.25, -0.2) is 14.4 Å². The molecule has 14 heteroatoms. The first-order valence-electron chi connectivity index (χ1n) is 11.5. The molecule has 208 valence electrons. The predicted octanol–water partition coefficient (Wildman–Crippen LogP) is -0.422. The minimum absolute atomic E-state index is 0.00725. The van der Waals surface area contributed by atoms with Crippen LogP contribution in [0.25, 0.3) is 0 Å². The summed E-state index contributed by atoms with van der Waals surface area (Å²) in [5.41, 5.74) is 4.37. The molecule has 0 aromatic heterocycles. The van der Waals surface area contributed by atoms with Crippen LogP contribution in [0, 0.1) is 0 Å². The van der Waals surface area contributed by atoms with Gasteiger partial charge in [0.25, 0.3) is 0 Å². The Morgan fingerprint density at radius 2 is 1.25 bits per heavy atom. The molecular weight excluding hydrogens is 478 g/mol. The van der Waals surface area contributed by atoms with Crippen LogP contribution >= 0.6 is 0 Å². The first kappa shape index (κ1) is 32.9. The van der Waals surface area contributed by atoms with Crippen LogP contribution in [0.2, 0.25) is 0 Å². The van der Waals surface area contributed by atoms with Crippen LogP contribution in [-0.4, -0.2) is 88.7 Å². The van der Waals surface area contributed by atoms with Crippen LogP contribution in [0.4, 0.5) is 9.59 Å². The number of aliphatic carboxylic acids is 1. The molecule has 4 amide bonds. The number of aliphatic hydroxyl groups is 1. The number of carbonyl (C=O) groups is 5. The van der Waals surface area contributed by atoms with Crippen molar-refractivity contribution in [2.24, 2.45) is 5.73 Å². The van der Waals surface area contributed by atoms with E-state index in [2.05, 4.69) is 21.3 Å². The number of amides is 4. The van der Waals surface area contributed by atoms with Crippen molar-refractivity contribution in [2.75, 3.05) is 13.1 Å². The Hall–Kier alpha value is -3.13. The smallest absolute Gasteiger partial charge is 0.407 e. The number of hydrogen-bond donors (Lipinski definition) is 7. The normalized spacial score (nSPS) is 14.9. The fraction of sp³-hybridized carbons (Fsp3) is 0.773. The molecule has 14 nitrogen and oxygen atoms in total. The monoisotopic (exact) mass is 519 g/mol. The first-order chi connectivity index (χ1) is 16.3. The third kappa shape index (κ3) is 15.0. The lowest BCUT2D eigenvalue weighted by Crippen LogP contribution is -2.58. The van der Waals surface area contributed by atoms with Crippen LogP contribution in [-0.2, 0) is 23.9 Å². The van der Waals surface area contributed by atoms with Crippen molar-refractivity contribution in [1.82, 2.24) is 21.3 Å². The summed E-state index contributed by atoms with van der Waals surface area (Å²) in [6.07, 6.45) is -2.99. The topological polar surface area (TPSA) is 218 Å². The molecule has 0 rings (SSSR count). The summed E-state index contributed by atoms with van der Waals surface area (Å²) >= 11 is 0. The van der Waals surface area contributed by atoms with Gasteiger partial charge in [-0.15, -0.1) is 0 Å². The molecule has 0 aliphatic carbocycles. The van der Waals surface area contributed by atoms with Gasteiger partial charge in [-0.3, -0.25) is 9.59 Å². The highest BCUT2D eigenvalue weighted by Crippen LogP contribution is 2.07. The van der Waals surface area contributed by atoms with Crippen LogP contribution in [0.5, 0.6) is 0 Å². The lowest BCUT2D eigenvalue weighted by Gasteiger charge is -2.25. The van der Waals surface area contributed by atoms with Gasteiger partial charge in [0.15, 0.2) is 0 Å². The molecule has 8 N–H and O–H groups in total. The van der Waals surface area contributed by atoms with Gasteiger partial charge in [-0.05, 0) is 61.3 Å². The fourth-order valence-electron chi connectivity index (χ4n) is 2.59. The minimum atomic E-state index is -1.50. The molecule has 0 fully saturated rings. The highest BCUT2D eigenvalue weighted by molar-refractivity contribution is 5.92. The van der Waals surface area contributed by atoms with Crippen molar-refractivity contribution < 1.29 is 43.7 Å². The second kappa shape index (κ2) is 14.4. The molecule has 0 aliphatic rings. The summed E-state index contributed by atoms with van der Waals surface area (Å²) in [5.74, 6) is -3.13. The van der Waals surface area contributed by atoms with Gasteiger partial charge in [-0.2, -0.15) is 0 Å². The molecule has 36 heavy (non-hydrogen) atoms. The molecule has 0 unspecified atom stereocenters. The number of aliphatic hydroxyl groups excluding tert-OH is 1. The zero-order valence-electron chi connectivity index (χ0n) is 22.0. The average molecular weight is 520 g/mol. The van der Waals surface area contributed by atoms with Crippen molar-refractivity contribution in [3.8, 4) is 0 Å². The summed E-state index contributed by atoms with van der Waals surface area (Å²) < 4.78 is 10.1. The van der Waals surface area contributed by atoms with Gasteiger partial charge in [0.05, 0.1) is 12.1 Å². The third-order valence-corrected chi connectivity index (χ3v) is 4.24. The maximum Gasteiger partial charge on any atom is 0.407 e. The number of carboxylic acids is 1. The third-order valence-electron chi connectivity index (χ3n) is 4.24. The summed E-state index contributed by atoms with van der Waals surface area (Å²) in [7, 11) is 0. The van der Waals surface area contributed by atoms with E-state index in [4.69, 9.17) is 15.2 Å². The summed E-state index contributed by atoms with van der Waals surface area (Å²) in [6.45, 7) is 11.2. The van der Waals surface area contributed by atoms with Gasteiger partial charge in [-0.1, -0.05) is 0 Å². The second-order valence-electron chi connectivity index (χ2n) is 10.2. The molecule has 4 atom stereocenters. The van der Waals surface area contributed by atoms with Crippen molar-refractivity contribution in [1.29, 1.82) is 0 Å². The molecule has 0 saturated carbocycles. The van der Waals surface area contributed by atoms with E-state index >= 15 is 0 Å². The lowest BCUT2D eigenvalue weighted by atomic mass is 10.1. The van der Waals surface area contributed by atoms with E-state index in [1.807, 2.05) is 0 Å². The van der Waals surface area contributed by atoms with Gasteiger partial charge in [0.2, 0.25) is 11.8 Å². The maximum atomic E-state index is 12.6. The lowest BCUT2D eigenvalue weighted by molar-refractivity contribution is -0.143. The molecule has 0 aromatic carbocycles. The van der Waals surface area contributed by atoms with Crippen molar-refractivity contribution in [3.63, 3.8) is 0 Å². The average Bonchev–Trinajstić information content (AvgIpc) is 2.67. The quantitative estimate of drug-likeness (QED) is 0.176. The molecule has 0 radical (unpaired) electrons. The standard InChI is InChI=1S/C22H41N5O9/c1-12(28)15(27-16(29)13(23)8-10-24-19(33)35-21(2,3)4)17(30)26-14(18(31)32)9-11-25-20(34)36-22(5,6)7/h12-15,28H,8-11,23H2,1-7H3,(H,24,33)(H,25,34)(H,26,30)(H,27,29)(H,31,32)/t12-,13+,14+,15+/m1/s1. The molecule has 0 bridgehead atoms. The van der Waals surface area contributed by atoms with Crippen LogP contribution in [0.15, 0.2) is 0 Å². The predicted molar refractivity (Wildman–Crippen MR) is 129 cm³/mol. The van der Waals surface area contributed by atoms with Crippen LogP contribution < -0.4 is 27.0 Å². The molecule has 0 saturated heterocycles. The Balaban J connectivity index is 4.85. The number of hydrogen-bond acceptors (Lipinski definition) is 9. The zero-order chi connectivity index (χ0) is 28.3. The minimum Gasteiger partial charge on any atom is -0.480 e. The van der Waals surface area contributed by atoms with E-state index < -0.39 is 65.4 Å². The molecule has 0 spiro atoms. The summed E-state index contributed by atoms with van der Waals surface area (Å²) in [5, 5.41) is 28.7. The summed E-state index contributed by atoms with van der Waals surface area (Å²) in [4.78, 5) is 59.9. The van der Waals surface area contributed by atoms with Crippen LogP contribution in [0.3, 0.4) is 0 Å². The largest absolute Gasteiger partial charge is 0.480 e. The van der Waals surface area contributed by atoms with Crippen molar-refractivity contribution in [2.45, 2.75) is 96.7 Å². The number of rotatable bonds is 12. The Kier molecular flexibility index (Phi) is 13.2. The Bertz CT molecular complexity index is 775. The van der Waals surface area contributed by atoms with Gasteiger partial charge in [0.1, 0.15) is 23.3 Å². The Labute approximate surface area is 211 Å². The molecular formula is C22H41N5O9. The number of nitrogens with two attached hydrogens (primary N) is 1. The van der Waals surface area contributed by atoms with E-state index in [-0.39, 0.29) is 25.9 Å². The zero-order valence-corrected chi connectivity index (χ0v) is 22.0. The van der Waals surface area contributed by atoms with E-state index in [1.54, 1.807) is 41.5 Å². The van der Waals surface area contributed by atoms with E-state index in [0.717, 1.165) is 0 Å². The van der Waals surface area contributed by atoms with Gasteiger partial charge < -0.3 is 46.7 Å². The Morgan fingerprint density at radius 1 is 0.806 bits per heavy atom. The van der Waals surface area contributed by atoms with Crippen molar-refractivity contribution in [3.05, 3.63) is 0 Å². The maximum absolute atomic E-state index is 12.6. The first-order valence-corrected chi connectivity index (χ1v) is 11.5. The van der Waals surface area contributed by atoms with Gasteiger partial charge >= 0.3 is 18.2 Å². The highest BCUT2D eigenvalue weighted by atomic mass is 16.6. The number of nitrogens with one attached hydrogen (secondary N) is 4. The van der Waals surface area contributed by atoms with Gasteiger partial charge in [0, 0.05) is 13.1 Å². The second-order valence-corrected chi connectivity index (χ2v) is 10.2. The van der Waals surface area contributed by atoms with E-state index in [9.17, 15) is 34.2 Å². The van der Waals surface area contributed by atoms with Crippen LogP contribution in [0.1, 0.15) is 61.3 Å². The highest BCUT2D eigenvalue weighted by Gasteiger charge is 2.31. The number of alkyl carbamates (subject to hydrolysis) is 2. The van der Waals surface area contributed by atoms with E-state index in [0.29, 0.717) is 0 Å². The number of carboxylic acid groups (broad SMARTS) is 1. The number of ether oxygens (including phenoxy) is 2. The summed E-state index contributed by atoms with van der Waals surface area (Å²) in [6, 6.07) is -4.05. The van der Waals surface area contributed by atoms with Crippen molar-refractivity contribution >= 4 is 30.0 Å².